The van der Waals surface area contributed by atoms with E-state index in [1.54, 1.807) is 0 Å². The van der Waals surface area contributed by atoms with Gasteiger partial charge in [-0.25, -0.2) is 4.39 Å². The first kappa shape index (κ1) is 14.7. The number of hydrogen-bond acceptors (Lipinski definition) is 3. The smallest absolute Gasteiger partial charge is 0.307 e. The van der Waals surface area contributed by atoms with Crippen molar-refractivity contribution in [3.63, 3.8) is 0 Å². The number of nitrogens with zero attached hydrogens (tertiary/aromatic N) is 1. The van der Waals surface area contributed by atoms with Gasteiger partial charge in [-0.1, -0.05) is 11.6 Å². The van der Waals surface area contributed by atoms with Gasteiger partial charge in [-0.15, -0.1) is 3.89 Å². The van der Waals surface area contributed by atoms with Crippen molar-refractivity contribution in [1.29, 1.82) is 0 Å². The molecule has 1 unspecified atom stereocenters. The second-order valence-electron chi connectivity index (χ2n) is 4.02. The summed E-state index contributed by atoms with van der Waals surface area (Å²) in [5.74, 6) is -1.19. The van der Waals surface area contributed by atoms with Crippen LogP contribution in [-0.4, -0.2) is 26.1 Å². The van der Waals surface area contributed by atoms with E-state index in [9.17, 15) is 21.5 Å². The highest BCUT2D eigenvalue weighted by Crippen LogP contribution is 2.38. The summed E-state index contributed by atoms with van der Waals surface area (Å²) in [6, 6.07) is 2.08. The molecule has 1 amide bonds. The third kappa shape index (κ3) is 2.90. The van der Waals surface area contributed by atoms with Crippen LogP contribution in [0.2, 0.25) is 5.02 Å². The van der Waals surface area contributed by atoms with E-state index in [4.69, 9.17) is 11.6 Å². The van der Waals surface area contributed by atoms with Gasteiger partial charge in [0.1, 0.15) is 11.1 Å². The number of carbonyl (C=O) groups excluding carboxylic acids is 1. The number of halogens is 4. The fraction of sp³-hybridized carbons (Fsp3) is 0.300. The molecular formula is C10H7BrClF2NO3S. The van der Waals surface area contributed by atoms with Crippen LogP contribution >= 0.6 is 27.5 Å². The molecule has 104 valence electrons. The maximum absolute atomic E-state index is 13.1. The highest BCUT2D eigenvalue weighted by molar-refractivity contribution is 9.10. The summed E-state index contributed by atoms with van der Waals surface area (Å²) in [4.78, 5) is 12.8. The molecule has 0 N–H and O–H groups in total. The summed E-state index contributed by atoms with van der Waals surface area (Å²) in [5, 5.41) is -1.48. The molecule has 0 saturated carbocycles. The normalized spacial score (nSPS) is 20.1. The van der Waals surface area contributed by atoms with Crippen molar-refractivity contribution in [2.45, 2.75) is 11.7 Å². The molecule has 1 aliphatic rings. The Hall–Kier alpha value is -0.730. The third-order valence-electron chi connectivity index (χ3n) is 2.74. The average molecular weight is 375 g/mol. The van der Waals surface area contributed by atoms with Crippen LogP contribution in [0.1, 0.15) is 6.42 Å². The number of carbonyl (C=O) groups is 1. The monoisotopic (exact) mass is 373 g/mol. The molecule has 4 nitrogen and oxygen atoms in total. The van der Waals surface area contributed by atoms with Crippen molar-refractivity contribution < 1.29 is 21.5 Å². The fourth-order valence-corrected chi connectivity index (χ4v) is 3.61. The molecule has 1 aromatic carbocycles. The average Bonchev–Trinajstić information content (AvgIpc) is 2.59. The number of amides is 1. The standard InChI is InChI=1S/C10H7BrClF2NO3S/c11-7-1-5(13)2-8(12)10(7)15-4-6(3-9(15)16)19(14,17)18/h1-2,6H,3-4H2. The molecule has 0 aliphatic carbocycles. The Kier molecular flexibility index (Phi) is 3.85. The lowest BCUT2D eigenvalue weighted by Crippen LogP contribution is -2.27. The van der Waals surface area contributed by atoms with Crippen molar-refractivity contribution in [3.05, 3.63) is 27.4 Å². The molecule has 19 heavy (non-hydrogen) atoms. The molecule has 1 atom stereocenters. The molecule has 1 aliphatic heterocycles. The van der Waals surface area contributed by atoms with Crippen LogP contribution in [0.4, 0.5) is 14.0 Å². The van der Waals surface area contributed by atoms with E-state index in [1.807, 2.05) is 0 Å². The van der Waals surface area contributed by atoms with Gasteiger partial charge >= 0.3 is 10.2 Å². The quantitative estimate of drug-likeness (QED) is 0.748. The first-order chi connectivity index (χ1) is 8.70. The van der Waals surface area contributed by atoms with Crippen molar-refractivity contribution in [2.75, 3.05) is 11.4 Å². The molecular weight excluding hydrogens is 368 g/mol. The van der Waals surface area contributed by atoms with Crippen LogP contribution in [0, 0.1) is 5.82 Å². The highest BCUT2D eigenvalue weighted by Gasteiger charge is 2.40. The predicted octanol–water partition coefficient (Wildman–Crippen LogP) is 2.65. The maximum atomic E-state index is 13.1. The fourth-order valence-electron chi connectivity index (χ4n) is 1.87. The van der Waals surface area contributed by atoms with Crippen LogP contribution in [0.25, 0.3) is 0 Å². The highest BCUT2D eigenvalue weighted by atomic mass is 79.9. The summed E-state index contributed by atoms with van der Waals surface area (Å²) < 4.78 is 47.9. The van der Waals surface area contributed by atoms with Crippen molar-refractivity contribution in [2.24, 2.45) is 0 Å². The molecule has 9 heteroatoms. The Bertz CT molecular complexity index is 629. The van der Waals surface area contributed by atoms with E-state index in [1.165, 1.54) is 0 Å². The Morgan fingerprint density at radius 3 is 2.53 bits per heavy atom. The molecule has 1 aromatic rings. The van der Waals surface area contributed by atoms with Crippen LogP contribution in [-0.2, 0) is 15.0 Å². The van der Waals surface area contributed by atoms with E-state index < -0.39 is 33.6 Å². The van der Waals surface area contributed by atoms with Gasteiger partial charge in [0.05, 0.1) is 10.7 Å². The second-order valence-corrected chi connectivity index (χ2v) is 6.90. The van der Waals surface area contributed by atoms with E-state index in [2.05, 4.69) is 15.9 Å². The van der Waals surface area contributed by atoms with Gasteiger partial charge in [0.25, 0.3) is 0 Å². The van der Waals surface area contributed by atoms with Gasteiger partial charge in [-0.05, 0) is 28.1 Å². The summed E-state index contributed by atoms with van der Waals surface area (Å²) in [6.07, 6.45) is -0.459. The predicted molar refractivity (Wildman–Crippen MR) is 69.9 cm³/mol. The van der Waals surface area contributed by atoms with E-state index >= 15 is 0 Å². The van der Waals surface area contributed by atoms with Gasteiger partial charge in [0, 0.05) is 17.4 Å². The van der Waals surface area contributed by atoms with Gasteiger partial charge < -0.3 is 4.90 Å². The van der Waals surface area contributed by atoms with Crippen LogP contribution in [0.5, 0.6) is 0 Å². The number of hydrogen-bond donors (Lipinski definition) is 0. The largest absolute Gasteiger partial charge is 0.308 e. The second kappa shape index (κ2) is 4.99. The Balaban J connectivity index is 2.42. The Morgan fingerprint density at radius 2 is 2.05 bits per heavy atom. The van der Waals surface area contributed by atoms with Crippen LogP contribution in [0.15, 0.2) is 16.6 Å². The molecule has 1 saturated heterocycles. The topological polar surface area (TPSA) is 54.5 Å². The summed E-state index contributed by atoms with van der Waals surface area (Å²) in [7, 11) is -4.81. The summed E-state index contributed by atoms with van der Waals surface area (Å²) in [6.45, 7) is -0.346. The number of anilines is 1. The minimum atomic E-state index is -4.81. The van der Waals surface area contributed by atoms with Crippen molar-refractivity contribution in [3.8, 4) is 0 Å². The lowest BCUT2D eigenvalue weighted by Gasteiger charge is -2.19. The number of rotatable bonds is 2. The van der Waals surface area contributed by atoms with Gasteiger partial charge in [-0.3, -0.25) is 4.79 Å². The number of benzene rings is 1. The molecule has 1 fully saturated rings. The zero-order valence-corrected chi connectivity index (χ0v) is 12.4. The SMILES string of the molecule is O=C1CC(S(=O)(=O)F)CN1c1c(Cl)cc(F)cc1Br. The van der Waals surface area contributed by atoms with Crippen molar-refractivity contribution in [1.82, 2.24) is 0 Å². The van der Waals surface area contributed by atoms with Crippen LogP contribution in [0.3, 0.4) is 0 Å². The first-order valence-electron chi connectivity index (χ1n) is 5.08. The van der Waals surface area contributed by atoms with Crippen molar-refractivity contribution >= 4 is 49.3 Å². The Labute approximate surface area is 121 Å². The molecule has 0 bridgehead atoms. The minimum absolute atomic E-state index is 0.0582. The van der Waals surface area contributed by atoms with Gasteiger partial charge in [0.2, 0.25) is 5.91 Å². The first-order valence-corrected chi connectivity index (χ1v) is 7.70. The molecule has 1 heterocycles. The molecule has 2 rings (SSSR count). The molecule has 0 spiro atoms. The third-order valence-corrected chi connectivity index (χ3v) is 4.74. The lowest BCUT2D eigenvalue weighted by atomic mass is 10.3. The maximum Gasteiger partial charge on any atom is 0.307 e. The Morgan fingerprint density at radius 1 is 1.42 bits per heavy atom. The van der Waals surface area contributed by atoms with E-state index in [0.717, 1.165) is 17.0 Å². The van der Waals surface area contributed by atoms with E-state index in [0.29, 0.717) is 0 Å². The summed E-state index contributed by atoms with van der Waals surface area (Å²) in [5.41, 5.74) is 0.138. The van der Waals surface area contributed by atoms with Gasteiger partial charge in [0.15, 0.2) is 0 Å². The van der Waals surface area contributed by atoms with Gasteiger partial charge in [-0.2, -0.15) is 8.42 Å². The zero-order chi connectivity index (χ0) is 14.4. The summed E-state index contributed by atoms with van der Waals surface area (Å²) >= 11 is 8.88. The van der Waals surface area contributed by atoms with E-state index in [-0.39, 0.29) is 21.7 Å². The molecule has 0 radical (unpaired) electrons. The van der Waals surface area contributed by atoms with Crippen LogP contribution < -0.4 is 4.90 Å². The lowest BCUT2D eigenvalue weighted by molar-refractivity contribution is -0.117. The molecule has 0 aromatic heterocycles. The zero-order valence-electron chi connectivity index (χ0n) is 9.24. The minimum Gasteiger partial charge on any atom is -0.308 e.